The van der Waals surface area contributed by atoms with E-state index in [1.54, 1.807) is 14.0 Å². The molecule has 0 bridgehead atoms. The van der Waals surface area contributed by atoms with Gasteiger partial charge in [-0.3, -0.25) is 13.9 Å². The van der Waals surface area contributed by atoms with Crippen molar-refractivity contribution in [2.45, 2.75) is 86.5 Å². The normalized spacial score (nSPS) is 16.1. The zero-order chi connectivity index (χ0) is 29.5. The fourth-order valence-electron chi connectivity index (χ4n) is 4.72. The van der Waals surface area contributed by atoms with Crippen molar-refractivity contribution in [2.24, 2.45) is 12.0 Å². The van der Waals surface area contributed by atoms with E-state index in [-0.39, 0.29) is 24.1 Å². The third kappa shape index (κ3) is 9.42. The van der Waals surface area contributed by atoms with Crippen LogP contribution in [-0.2, 0) is 29.5 Å². The van der Waals surface area contributed by atoms with E-state index in [1.165, 1.54) is 26.7 Å². The number of aryl methyl sites for hydroxylation is 2. The Morgan fingerprint density at radius 1 is 1.05 bits per heavy atom. The average molecular weight is 558 g/mol. The van der Waals surface area contributed by atoms with E-state index in [9.17, 15) is 9.59 Å². The van der Waals surface area contributed by atoms with E-state index < -0.39 is 0 Å². The summed E-state index contributed by atoms with van der Waals surface area (Å²) in [7, 11) is 1.69. The van der Waals surface area contributed by atoms with Crippen molar-refractivity contribution >= 4 is 11.7 Å². The number of ether oxygens (including phenoxy) is 2. The Hall–Kier alpha value is -2.75. The molecule has 2 aromatic rings. The number of aromatic nitrogens is 2. The fourth-order valence-corrected chi connectivity index (χ4v) is 4.72. The molecular formula is C31H51N5O4. The van der Waals surface area contributed by atoms with Crippen molar-refractivity contribution < 1.29 is 9.47 Å². The molecule has 2 aliphatic heterocycles. The Kier molecular flexibility index (Phi) is 14.9. The number of hydrogen-bond donors (Lipinski definition) is 1. The molecule has 9 nitrogen and oxygen atoms in total. The molecule has 4 rings (SSSR count). The quantitative estimate of drug-likeness (QED) is 0.403. The maximum absolute atomic E-state index is 13.2. The van der Waals surface area contributed by atoms with Crippen molar-refractivity contribution in [1.82, 2.24) is 19.4 Å². The minimum absolute atomic E-state index is 0.249. The highest BCUT2D eigenvalue weighted by Crippen LogP contribution is 2.18. The van der Waals surface area contributed by atoms with E-state index in [2.05, 4.69) is 49.2 Å². The summed E-state index contributed by atoms with van der Waals surface area (Å²) in [5.74, 6) is 1.35. The molecule has 9 heteroatoms. The third-order valence-electron chi connectivity index (χ3n) is 6.84. The summed E-state index contributed by atoms with van der Waals surface area (Å²) in [6.45, 7) is 17.1. The summed E-state index contributed by atoms with van der Waals surface area (Å²) in [6, 6.07) is 8.38. The lowest BCUT2D eigenvalue weighted by Crippen LogP contribution is -2.41. The summed E-state index contributed by atoms with van der Waals surface area (Å²) in [5.41, 5.74) is 2.34. The topological polar surface area (TPSA) is 90.1 Å². The number of amidine groups is 1. The molecule has 0 saturated carbocycles. The molecule has 1 aromatic heterocycles. The molecule has 2 aliphatic rings. The van der Waals surface area contributed by atoms with Gasteiger partial charge in [0.05, 0.1) is 18.8 Å². The molecule has 0 radical (unpaired) electrons. The Morgan fingerprint density at radius 3 is 2.40 bits per heavy atom. The summed E-state index contributed by atoms with van der Waals surface area (Å²) in [6.07, 6.45) is 3.95. The van der Waals surface area contributed by atoms with Gasteiger partial charge in [0, 0.05) is 46.1 Å². The standard InChI is InChI=1S/C26H37N5O4.C3H8.C2H6/c1-19-7-4-5-8-21(19)9-10-22(30-14-6-12-27-13-16-30)28-24-20(2)25(32)31(26(33)29(24)3)15-11-23-34-17-18-35-23;1-3-2;1-2/h4-5,7-8,23,27H,6,9-18H2,1-3H3;3H2,1-2H3;1-2H3/b28-22+;;. The van der Waals surface area contributed by atoms with Crippen LogP contribution >= 0.6 is 0 Å². The van der Waals surface area contributed by atoms with Gasteiger partial charge in [-0.2, -0.15) is 0 Å². The largest absolute Gasteiger partial charge is 0.359 e. The van der Waals surface area contributed by atoms with Crippen LogP contribution in [0.2, 0.25) is 0 Å². The molecule has 224 valence electrons. The van der Waals surface area contributed by atoms with Gasteiger partial charge >= 0.3 is 5.69 Å². The first-order chi connectivity index (χ1) is 19.4. The number of nitrogens with one attached hydrogen (secondary N) is 1. The monoisotopic (exact) mass is 557 g/mol. The van der Waals surface area contributed by atoms with Gasteiger partial charge in [-0.1, -0.05) is 58.4 Å². The summed E-state index contributed by atoms with van der Waals surface area (Å²) in [4.78, 5) is 33.6. The molecule has 1 N–H and O–H groups in total. The lowest BCUT2D eigenvalue weighted by atomic mass is 10.0. The van der Waals surface area contributed by atoms with Crippen LogP contribution < -0.4 is 16.6 Å². The maximum atomic E-state index is 13.2. The highest BCUT2D eigenvalue weighted by atomic mass is 16.7. The summed E-state index contributed by atoms with van der Waals surface area (Å²) in [5, 5.41) is 3.44. The number of benzene rings is 1. The van der Waals surface area contributed by atoms with Crippen molar-refractivity contribution in [3.8, 4) is 0 Å². The molecule has 2 fully saturated rings. The van der Waals surface area contributed by atoms with Crippen LogP contribution in [0.1, 0.15) is 70.1 Å². The van der Waals surface area contributed by atoms with E-state index >= 15 is 0 Å². The molecule has 0 spiro atoms. The van der Waals surface area contributed by atoms with Crippen LogP contribution in [0.5, 0.6) is 0 Å². The van der Waals surface area contributed by atoms with Crippen LogP contribution in [0.3, 0.4) is 0 Å². The Labute approximate surface area is 240 Å². The second kappa shape index (κ2) is 17.8. The van der Waals surface area contributed by atoms with E-state index in [4.69, 9.17) is 14.5 Å². The van der Waals surface area contributed by atoms with Crippen molar-refractivity contribution in [3.05, 3.63) is 61.8 Å². The first-order valence-electron chi connectivity index (χ1n) is 15.0. The highest BCUT2D eigenvalue weighted by molar-refractivity contribution is 5.85. The van der Waals surface area contributed by atoms with Crippen LogP contribution in [0.4, 0.5) is 5.82 Å². The molecule has 3 heterocycles. The van der Waals surface area contributed by atoms with Crippen LogP contribution in [-0.4, -0.2) is 65.6 Å². The number of aliphatic imine (C=N–C) groups is 1. The second-order valence-electron chi connectivity index (χ2n) is 9.96. The second-order valence-corrected chi connectivity index (χ2v) is 9.96. The lowest BCUT2D eigenvalue weighted by molar-refractivity contribution is -0.0494. The third-order valence-corrected chi connectivity index (χ3v) is 6.84. The molecule has 0 amide bonds. The van der Waals surface area contributed by atoms with Gasteiger partial charge in [0.1, 0.15) is 11.7 Å². The summed E-state index contributed by atoms with van der Waals surface area (Å²) >= 11 is 0. The lowest BCUT2D eigenvalue weighted by Gasteiger charge is -2.25. The smallest absolute Gasteiger partial charge is 0.332 e. The van der Waals surface area contributed by atoms with Gasteiger partial charge in [-0.15, -0.1) is 0 Å². The van der Waals surface area contributed by atoms with Crippen molar-refractivity contribution in [2.75, 3.05) is 39.4 Å². The van der Waals surface area contributed by atoms with Gasteiger partial charge in [-0.05, 0) is 44.4 Å². The highest BCUT2D eigenvalue weighted by Gasteiger charge is 2.21. The maximum Gasteiger partial charge on any atom is 0.332 e. The SMILES string of the molecule is CC.CCC.Cc1ccccc1CC/C(=N\c1c(C)c(=O)n(CCC2OCCO2)c(=O)n1C)N1CCCNCC1. The first-order valence-corrected chi connectivity index (χ1v) is 15.0. The summed E-state index contributed by atoms with van der Waals surface area (Å²) < 4.78 is 13.7. The number of rotatable bonds is 7. The molecule has 40 heavy (non-hydrogen) atoms. The van der Waals surface area contributed by atoms with Gasteiger partial charge in [-0.25, -0.2) is 9.79 Å². The number of nitrogens with zero attached hydrogens (tertiary/aromatic N) is 4. The Balaban J connectivity index is 0.00000105. The molecule has 2 saturated heterocycles. The van der Waals surface area contributed by atoms with Gasteiger partial charge < -0.3 is 19.7 Å². The van der Waals surface area contributed by atoms with E-state index in [1.807, 2.05) is 19.9 Å². The van der Waals surface area contributed by atoms with Crippen molar-refractivity contribution in [1.29, 1.82) is 0 Å². The zero-order valence-electron chi connectivity index (χ0n) is 25.8. The van der Waals surface area contributed by atoms with Crippen LogP contribution in [0.15, 0.2) is 38.8 Å². The minimum atomic E-state index is -0.367. The van der Waals surface area contributed by atoms with Crippen LogP contribution in [0.25, 0.3) is 0 Å². The zero-order valence-corrected chi connectivity index (χ0v) is 25.8. The predicted molar refractivity (Wildman–Crippen MR) is 164 cm³/mol. The molecule has 0 atom stereocenters. The van der Waals surface area contributed by atoms with Crippen molar-refractivity contribution in [3.63, 3.8) is 0 Å². The number of hydrogen-bond acceptors (Lipinski definition) is 6. The van der Waals surface area contributed by atoms with Crippen LogP contribution in [0, 0.1) is 13.8 Å². The molecule has 0 unspecified atom stereocenters. The van der Waals surface area contributed by atoms with E-state index in [0.717, 1.165) is 51.3 Å². The first kappa shape index (κ1) is 33.5. The Morgan fingerprint density at radius 2 is 1.73 bits per heavy atom. The molecule has 0 aliphatic carbocycles. The van der Waals surface area contributed by atoms with Gasteiger partial charge in [0.25, 0.3) is 5.56 Å². The fraction of sp³-hybridized carbons (Fsp3) is 0.645. The molecular weight excluding hydrogens is 506 g/mol. The van der Waals surface area contributed by atoms with Gasteiger partial charge in [0.2, 0.25) is 0 Å². The Bertz CT molecular complexity index is 1140. The predicted octanol–water partition coefficient (Wildman–Crippen LogP) is 4.33. The van der Waals surface area contributed by atoms with Gasteiger partial charge in [0.15, 0.2) is 6.29 Å². The average Bonchev–Trinajstić information content (AvgIpc) is 3.34. The van der Waals surface area contributed by atoms with E-state index in [0.29, 0.717) is 31.0 Å². The molecule has 1 aromatic carbocycles. The minimum Gasteiger partial charge on any atom is -0.359 e.